The lowest BCUT2D eigenvalue weighted by Gasteiger charge is -2.08. The standard InChI is InChI=1S/C19H18ClNO7/c1-2-3-10-26-18(22)12-27-19(23)13-4-7-15(8-5-13)28-17-9-6-14(20)11-16(17)21(24)25/h4-9,11H,2-3,10,12H2,1H3. The Bertz CT molecular complexity index is 852. The van der Waals surface area contributed by atoms with Crippen LogP contribution in [0.25, 0.3) is 0 Å². The molecule has 2 rings (SSSR count). The first-order valence-electron chi connectivity index (χ1n) is 8.45. The van der Waals surface area contributed by atoms with Gasteiger partial charge >= 0.3 is 17.6 Å². The SMILES string of the molecule is CCCCOC(=O)COC(=O)c1ccc(Oc2ccc(Cl)cc2[N+](=O)[O-])cc1. The molecule has 8 nitrogen and oxygen atoms in total. The predicted molar refractivity (Wildman–Crippen MR) is 101 cm³/mol. The molecule has 9 heteroatoms. The van der Waals surface area contributed by atoms with E-state index in [9.17, 15) is 19.7 Å². The van der Waals surface area contributed by atoms with Crippen LogP contribution < -0.4 is 4.74 Å². The van der Waals surface area contributed by atoms with Gasteiger partial charge in [0, 0.05) is 11.1 Å². The van der Waals surface area contributed by atoms with Crippen molar-refractivity contribution >= 4 is 29.2 Å². The molecule has 0 bridgehead atoms. The molecular formula is C19H18ClNO7. The summed E-state index contributed by atoms with van der Waals surface area (Å²) in [5, 5.41) is 11.3. The van der Waals surface area contributed by atoms with E-state index in [1.54, 1.807) is 0 Å². The van der Waals surface area contributed by atoms with Crippen molar-refractivity contribution in [2.45, 2.75) is 19.8 Å². The van der Waals surface area contributed by atoms with E-state index in [2.05, 4.69) is 0 Å². The number of ether oxygens (including phenoxy) is 3. The first-order chi connectivity index (χ1) is 13.4. The summed E-state index contributed by atoms with van der Waals surface area (Å²) < 4.78 is 15.3. The summed E-state index contributed by atoms with van der Waals surface area (Å²) in [4.78, 5) is 33.9. The van der Waals surface area contributed by atoms with Crippen molar-refractivity contribution in [3.63, 3.8) is 0 Å². The average molecular weight is 408 g/mol. The molecule has 0 amide bonds. The summed E-state index contributed by atoms with van der Waals surface area (Å²) in [7, 11) is 0. The maximum atomic E-state index is 12.0. The zero-order chi connectivity index (χ0) is 20.5. The minimum Gasteiger partial charge on any atom is -0.463 e. The van der Waals surface area contributed by atoms with Crippen LogP contribution in [0.4, 0.5) is 5.69 Å². The number of hydrogen-bond acceptors (Lipinski definition) is 7. The van der Waals surface area contributed by atoms with Gasteiger partial charge in [-0.05, 0) is 42.8 Å². The third-order valence-electron chi connectivity index (χ3n) is 3.52. The molecule has 0 saturated carbocycles. The highest BCUT2D eigenvalue weighted by molar-refractivity contribution is 6.30. The van der Waals surface area contributed by atoms with Crippen LogP contribution in [0.1, 0.15) is 30.1 Å². The van der Waals surface area contributed by atoms with E-state index in [0.717, 1.165) is 12.8 Å². The van der Waals surface area contributed by atoms with E-state index in [4.69, 9.17) is 25.8 Å². The number of nitrogens with zero attached hydrogens (tertiary/aromatic N) is 1. The van der Waals surface area contributed by atoms with Gasteiger partial charge in [0.25, 0.3) is 0 Å². The Hall–Kier alpha value is -3.13. The van der Waals surface area contributed by atoms with E-state index in [-0.39, 0.29) is 34.4 Å². The monoisotopic (exact) mass is 407 g/mol. The summed E-state index contributed by atoms with van der Waals surface area (Å²) >= 11 is 5.76. The molecule has 0 radical (unpaired) electrons. The molecule has 0 N–H and O–H groups in total. The molecule has 0 spiro atoms. The van der Waals surface area contributed by atoms with Crippen LogP contribution in [0.2, 0.25) is 5.02 Å². The molecule has 0 fully saturated rings. The Kier molecular flexibility index (Phi) is 7.76. The quantitative estimate of drug-likeness (QED) is 0.260. The molecule has 0 saturated heterocycles. The molecule has 0 heterocycles. The van der Waals surface area contributed by atoms with Crippen LogP contribution in [0.15, 0.2) is 42.5 Å². The van der Waals surface area contributed by atoms with Gasteiger partial charge < -0.3 is 14.2 Å². The zero-order valence-electron chi connectivity index (χ0n) is 15.1. The second kappa shape index (κ2) is 10.3. The van der Waals surface area contributed by atoms with Crippen molar-refractivity contribution in [3.05, 3.63) is 63.2 Å². The smallest absolute Gasteiger partial charge is 0.344 e. The van der Waals surface area contributed by atoms with Gasteiger partial charge in [0.15, 0.2) is 6.61 Å². The van der Waals surface area contributed by atoms with Crippen molar-refractivity contribution in [1.29, 1.82) is 0 Å². The van der Waals surface area contributed by atoms with Crippen LogP contribution in [-0.4, -0.2) is 30.1 Å². The van der Waals surface area contributed by atoms with Gasteiger partial charge in [0.1, 0.15) is 5.75 Å². The Morgan fingerprint density at radius 1 is 1.11 bits per heavy atom. The number of esters is 2. The average Bonchev–Trinajstić information content (AvgIpc) is 2.68. The van der Waals surface area contributed by atoms with Crippen molar-refractivity contribution in [2.75, 3.05) is 13.2 Å². The minimum absolute atomic E-state index is 0.0135. The molecule has 0 aliphatic carbocycles. The summed E-state index contributed by atoms with van der Waals surface area (Å²) in [6, 6.07) is 9.77. The molecule has 28 heavy (non-hydrogen) atoms. The van der Waals surface area contributed by atoms with Crippen molar-refractivity contribution < 1.29 is 28.7 Å². The predicted octanol–water partition coefficient (Wildman–Crippen LogP) is 4.54. The Morgan fingerprint density at radius 2 is 1.82 bits per heavy atom. The normalized spacial score (nSPS) is 10.2. The number of benzene rings is 2. The minimum atomic E-state index is -0.698. The molecular weight excluding hydrogens is 390 g/mol. The van der Waals surface area contributed by atoms with Gasteiger partial charge in [0.2, 0.25) is 5.75 Å². The molecule has 0 aromatic heterocycles. The molecule has 148 valence electrons. The Morgan fingerprint density at radius 3 is 2.46 bits per heavy atom. The number of nitro groups is 1. The number of halogens is 1. The van der Waals surface area contributed by atoms with E-state index in [0.29, 0.717) is 0 Å². The van der Waals surface area contributed by atoms with Gasteiger partial charge in [-0.25, -0.2) is 9.59 Å². The Balaban J connectivity index is 1.95. The fourth-order valence-electron chi connectivity index (χ4n) is 2.09. The first-order valence-corrected chi connectivity index (χ1v) is 8.83. The van der Waals surface area contributed by atoms with Gasteiger partial charge in [-0.2, -0.15) is 0 Å². The van der Waals surface area contributed by atoms with Gasteiger partial charge in [-0.15, -0.1) is 0 Å². The molecule has 2 aromatic rings. The van der Waals surface area contributed by atoms with E-state index in [1.807, 2.05) is 6.92 Å². The second-order valence-electron chi connectivity index (χ2n) is 5.65. The van der Waals surface area contributed by atoms with Crippen LogP contribution in [0.3, 0.4) is 0 Å². The number of hydrogen-bond donors (Lipinski definition) is 0. The van der Waals surface area contributed by atoms with Crippen molar-refractivity contribution in [2.24, 2.45) is 0 Å². The fraction of sp³-hybridized carbons (Fsp3) is 0.263. The van der Waals surface area contributed by atoms with Gasteiger partial charge in [0.05, 0.1) is 17.1 Å². The molecule has 0 unspecified atom stereocenters. The van der Waals surface area contributed by atoms with Crippen LogP contribution in [-0.2, 0) is 14.3 Å². The zero-order valence-corrected chi connectivity index (χ0v) is 15.8. The lowest BCUT2D eigenvalue weighted by atomic mass is 10.2. The number of nitro benzene ring substituents is 1. The maximum absolute atomic E-state index is 12.0. The third kappa shape index (κ3) is 6.24. The lowest BCUT2D eigenvalue weighted by molar-refractivity contribution is -0.385. The second-order valence-corrected chi connectivity index (χ2v) is 6.08. The largest absolute Gasteiger partial charge is 0.463 e. The summed E-state index contributed by atoms with van der Waals surface area (Å²) in [5.74, 6) is -1.02. The lowest BCUT2D eigenvalue weighted by Crippen LogP contribution is -2.17. The van der Waals surface area contributed by atoms with Gasteiger partial charge in [-0.1, -0.05) is 24.9 Å². The van der Waals surface area contributed by atoms with Crippen LogP contribution in [0, 0.1) is 10.1 Å². The third-order valence-corrected chi connectivity index (χ3v) is 3.75. The molecule has 0 atom stereocenters. The van der Waals surface area contributed by atoms with Crippen LogP contribution >= 0.6 is 11.6 Å². The topological polar surface area (TPSA) is 105 Å². The fourth-order valence-corrected chi connectivity index (χ4v) is 2.25. The number of carbonyl (C=O) groups is 2. The molecule has 0 aliphatic rings. The first kappa shape index (κ1) is 21.2. The molecule has 0 aliphatic heterocycles. The maximum Gasteiger partial charge on any atom is 0.344 e. The van der Waals surface area contributed by atoms with Crippen molar-refractivity contribution in [3.8, 4) is 11.5 Å². The van der Waals surface area contributed by atoms with Gasteiger partial charge in [-0.3, -0.25) is 10.1 Å². The Labute approximate surface area is 166 Å². The highest BCUT2D eigenvalue weighted by atomic mass is 35.5. The summed E-state index contributed by atoms with van der Waals surface area (Å²) in [5.41, 5.74) is -0.0862. The number of unbranched alkanes of at least 4 members (excludes halogenated alkanes) is 1. The highest BCUT2D eigenvalue weighted by Gasteiger charge is 2.17. The van der Waals surface area contributed by atoms with E-state index >= 15 is 0 Å². The highest BCUT2D eigenvalue weighted by Crippen LogP contribution is 2.33. The number of carbonyl (C=O) groups excluding carboxylic acids is 2. The summed E-state index contributed by atoms with van der Waals surface area (Å²) in [6.07, 6.45) is 1.63. The summed E-state index contributed by atoms with van der Waals surface area (Å²) in [6.45, 7) is 1.78. The van der Waals surface area contributed by atoms with Crippen LogP contribution in [0.5, 0.6) is 11.5 Å². The van der Waals surface area contributed by atoms with E-state index in [1.165, 1.54) is 42.5 Å². The molecule has 2 aromatic carbocycles. The van der Waals surface area contributed by atoms with E-state index < -0.39 is 23.5 Å². The number of rotatable bonds is 9. The van der Waals surface area contributed by atoms with Crippen molar-refractivity contribution in [1.82, 2.24) is 0 Å².